The molecule has 2 unspecified atom stereocenters. The number of pyridine rings is 2. The zero-order valence-electron chi connectivity index (χ0n) is 14.4. The largest absolute Gasteiger partial charge is 0.383 e. The van der Waals surface area contributed by atoms with Crippen LogP contribution in [0, 0.1) is 17.1 Å². The van der Waals surface area contributed by atoms with E-state index in [9.17, 15) is 9.65 Å². The van der Waals surface area contributed by atoms with E-state index in [1.54, 1.807) is 24.5 Å². The molecule has 2 atom stereocenters. The SMILES string of the molecule is N#Cc1c(C2CNNC2c2ccc(F)cc2)cc(-c2cccnc2)nc1N. The van der Waals surface area contributed by atoms with Crippen LogP contribution in [0.3, 0.4) is 0 Å². The molecular weight excluding hydrogens is 343 g/mol. The molecular formula is C20H17FN6. The lowest BCUT2D eigenvalue weighted by molar-refractivity contribution is 0.551. The molecule has 0 aliphatic carbocycles. The summed E-state index contributed by atoms with van der Waals surface area (Å²) in [4.78, 5) is 8.51. The lowest BCUT2D eigenvalue weighted by Crippen LogP contribution is -2.24. The van der Waals surface area contributed by atoms with Crippen LogP contribution in [0.4, 0.5) is 10.2 Å². The molecule has 1 saturated heterocycles. The molecule has 6 nitrogen and oxygen atoms in total. The fraction of sp³-hybridized carbons (Fsp3) is 0.150. The molecule has 0 spiro atoms. The molecule has 4 N–H and O–H groups in total. The number of nitriles is 1. The second-order valence-electron chi connectivity index (χ2n) is 6.37. The van der Waals surface area contributed by atoms with Crippen LogP contribution < -0.4 is 16.6 Å². The maximum atomic E-state index is 13.3. The van der Waals surface area contributed by atoms with E-state index in [4.69, 9.17) is 5.73 Å². The average molecular weight is 360 g/mol. The molecule has 3 aromatic rings. The van der Waals surface area contributed by atoms with E-state index in [1.807, 2.05) is 18.2 Å². The first-order valence-electron chi connectivity index (χ1n) is 8.52. The summed E-state index contributed by atoms with van der Waals surface area (Å²) in [6.45, 7) is 0.604. The number of aromatic nitrogens is 2. The van der Waals surface area contributed by atoms with Gasteiger partial charge in [0, 0.05) is 30.4 Å². The molecule has 1 aliphatic heterocycles. The molecule has 2 aromatic heterocycles. The summed E-state index contributed by atoms with van der Waals surface area (Å²) < 4.78 is 13.3. The predicted octanol–water partition coefficient (Wildman–Crippen LogP) is 2.67. The minimum Gasteiger partial charge on any atom is -0.383 e. The van der Waals surface area contributed by atoms with E-state index in [-0.39, 0.29) is 23.6 Å². The Labute approximate surface area is 155 Å². The number of nitrogen functional groups attached to an aromatic ring is 1. The first kappa shape index (κ1) is 17.1. The maximum absolute atomic E-state index is 13.3. The van der Waals surface area contributed by atoms with Crippen molar-refractivity contribution in [3.63, 3.8) is 0 Å². The fourth-order valence-electron chi connectivity index (χ4n) is 3.43. The van der Waals surface area contributed by atoms with Crippen LogP contribution in [0.15, 0.2) is 54.9 Å². The first-order chi connectivity index (χ1) is 13.2. The Balaban J connectivity index is 1.80. The van der Waals surface area contributed by atoms with Gasteiger partial charge in [0.2, 0.25) is 0 Å². The third-order valence-corrected chi connectivity index (χ3v) is 4.76. The second-order valence-corrected chi connectivity index (χ2v) is 6.37. The summed E-state index contributed by atoms with van der Waals surface area (Å²) in [5, 5.41) is 9.64. The molecule has 7 heteroatoms. The molecule has 134 valence electrons. The Bertz CT molecular complexity index is 997. The topological polar surface area (TPSA) is 99.6 Å². The molecule has 0 amide bonds. The average Bonchev–Trinajstić information content (AvgIpc) is 3.18. The van der Waals surface area contributed by atoms with Crippen LogP contribution in [0.2, 0.25) is 0 Å². The van der Waals surface area contributed by atoms with Gasteiger partial charge in [-0.3, -0.25) is 10.4 Å². The number of nitrogens with one attached hydrogen (secondary N) is 2. The molecule has 1 aromatic carbocycles. The van der Waals surface area contributed by atoms with Crippen molar-refractivity contribution in [1.29, 1.82) is 5.26 Å². The highest BCUT2D eigenvalue weighted by Gasteiger charge is 2.32. The Morgan fingerprint density at radius 1 is 1.22 bits per heavy atom. The number of benzene rings is 1. The normalized spacial score (nSPS) is 19.0. The third kappa shape index (κ3) is 3.24. The van der Waals surface area contributed by atoms with Crippen LogP contribution in [0.5, 0.6) is 0 Å². The highest BCUT2D eigenvalue weighted by Crippen LogP contribution is 2.37. The summed E-state index contributed by atoms with van der Waals surface area (Å²) in [6, 6.07) is 14.0. The highest BCUT2D eigenvalue weighted by atomic mass is 19.1. The predicted molar refractivity (Wildman–Crippen MR) is 99.6 cm³/mol. The monoisotopic (exact) mass is 360 g/mol. The van der Waals surface area contributed by atoms with Crippen molar-refractivity contribution in [2.75, 3.05) is 12.3 Å². The van der Waals surface area contributed by atoms with Gasteiger partial charge in [-0.15, -0.1) is 0 Å². The number of anilines is 1. The van der Waals surface area contributed by atoms with Gasteiger partial charge in [0.1, 0.15) is 17.7 Å². The minimum atomic E-state index is -0.286. The molecule has 1 aliphatic rings. The van der Waals surface area contributed by atoms with Crippen molar-refractivity contribution in [1.82, 2.24) is 20.8 Å². The van der Waals surface area contributed by atoms with Gasteiger partial charge in [0.05, 0.1) is 17.3 Å². The summed E-state index contributed by atoms with van der Waals surface area (Å²) in [5.74, 6) is -0.157. The lowest BCUT2D eigenvalue weighted by atomic mass is 9.86. The molecule has 1 fully saturated rings. The van der Waals surface area contributed by atoms with Crippen LogP contribution in [-0.2, 0) is 0 Å². The standard InChI is InChI=1S/C20H17FN6/c21-14-5-3-12(4-6-14)19-17(11-25-27-19)15-8-18(13-2-1-7-24-10-13)26-20(23)16(15)9-22/h1-8,10,17,19,25,27H,11H2,(H2,23,26). The number of nitrogens with two attached hydrogens (primary N) is 1. The van der Waals surface area contributed by atoms with E-state index < -0.39 is 0 Å². The van der Waals surface area contributed by atoms with E-state index in [0.717, 1.165) is 16.7 Å². The molecule has 3 heterocycles. The van der Waals surface area contributed by atoms with Gasteiger partial charge < -0.3 is 5.73 Å². The molecule has 4 rings (SSSR count). The van der Waals surface area contributed by atoms with Crippen molar-refractivity contribution < 1.29 is 4.39 Å². The summed E-state index contributed by atoms with van der Waals surface area (Å²) >= 11 is 0. The Morgan fingerprint density at radius 2 is 2.04 bits per heavy atom. The van der Waals surface area contributed by atoms with Gasteiger partial charge in [0.25, 0.3) is 0 Å². The maximum Gasteiger partial charge on any atom is 0.142 e. The van der Waals surface area contributed by atoms with Gasteiger partial charge in [0.15, 0.2) is 0 Å². The zero-order valence-corrected chi connectivity index (χ0v) is 14.4. The Hall–Kier alpha value is -3.34. The van der Waals surface area contributed by atoms with E-state index in [1.165, 1.54) is 12.1 Å². The van der Waals surface area contributed by atoms with Crippen molar-refractivity contribution in [2.24, 2.45) is 0 Å². The van der Waals surface area contributed by atoms with Crippen molar-refractivity contribution >= 4 is 5.82 Å². The summed E-state index contributed by atoms with van der Waals surface area (Å²) in [5.41, 5.74) is 16.0. The van der Waals surface area contributed by atoms with Gasteiger partial charge in [-0.25, -0.2) is 14.8 Å². The summed E-state index contributed by atoms with van der Waals surface area (Å²) in [7, 11) is 0. The van der Waals surface area contributed by atoms with Crippen molar-refractivity contribution in [3.05, 3.63) is 77.4 Å². The fourth-order valence-corrected chi connectivity index (χ4v) is 3.43. The quantitative estimate of drug-likeness (QED) is 0.664. The van der Waals surface area contributed by atoms with Crippen molar-refractivity contribution in [3.8, 4) is 17.3 Å². The molecule has 27 heavy (non-hydrogen) atoms. The van der Waals surface area contributed by atoms with E-state index in [2.05, 4.69) is 26.9 Å². The number of hydrazine groups is 1. The molecule has 0 bridgehead atoms. The number of hydrogen-bond acceptors (Lipinski definition) is 6. The number of hydrogen-bond donors (Lipinski definition) is 3. The van der Waals surface area contributed by atoms with Gasteiger partial charge in [-0.2, -0.15) is 5.26 Å². The number of rotatable bonds is 3. The molecule has 0 radical (unpaired) electrons. The van der Waals surface area contributed by atoms with E-state index >= 15 is 0 Å². The van der Waals surface area contributed by atoms with Crippen LogP contribution in [0.25, 0.3) is 11.3 Å². The number of halogens is 1. The highest BCUT2D eigenvalue weighted by molar-refractivity contribution is 5.66. The van der Waals surface area contributed by atoms with Crippen LogP contribution in [0.1, 0.15) is 28.7 Å². The smallest absolute Gasteiger partial charge is 0.142 e. The minimum absolute atomic E-state index is 0.0640. The first-order valence-corrected chi connectivity index (χ1v) is 8.52. The third-order valence-electron chi connectivity index (χ3n) is 4.76. The van der Waals surface area contributed by atoms with Gasteiger partial charge in [-0.05, 0) is 41.5 Å². The zero-order chi connectivity index (χ0) is 18.8. The van der Waals surface area contributed by atoms with Crippen LogP contribution >= 0.6 is 0 Å². The van der Waals surface area contributed by atoms with Gasteiger partial charge in [-0.1, -0.05) is 12.1 Å². The lowest BCUT2D eigenvalue weighted by Gasteiger charge is -2.21. The van der Waals surface area contributed by atoms with E-state index in [0.29, 0.717) is 17.8 Å². The van der Waals surface area contributed by atoms with Gasteiger partial charge >= 0.3 is 0 Å². The number of nitrogens with zero attached hydrogens (tertiary/aromatic N) is 3. The Kier molecular flexibility index (Phi) is 4.50. The second kappa shape index (κ2) is 7.11. The van der Waals surface area contributed by atoms with Crippen molar-refractivity contribution in [2.45, 2.75) is 12.0 Å². The molecule has 0 saturated carbocycles. The van der Waals surface area contributed by atoms with Crippen LogP contribution in [-0.4, -0.2) is 16.5 Å². The summed E-state index contributed by atoms with van der Waals surface area (Å²) in [6.07, 6.45) is 3.40. The Morgan fingerprint density at radius 3 is 2.74 bits per heavy atom.